The van der Waals surface area contributed by atoms with Gasteiger partial charge in [0.2, 0.25) is 5.91 Å². The molecule has 0 radical (unpaired) electrons. The maximum atomic E-state index is 11.9. The summed E-state index contributed by atoms with van der Waals surface area (Å²) in [5.74, 6) is 0.930. The van der Waals surface area contributed by atoms with Crippen molar-refractivity contribution in [1.29, 1.82) is 0 Å². The van der Waals surface area contributed by atoms with Crippen LogP contribution >= 0.6 is 11.8 Å². The highest BCUT2D eigenvalue weighted by Crippen LogP contribution is 2.33. The summed E-state index contributed by atoms with van der Waals surface area (Å²) in [5.41, 5.74) is 0. The first-order valence-corrected chi connectivity index (χ1v) is 11.2. The highest BCUT2D eigenvalue weighted by Gasteiger charge is 2.42. The Morgan fingerprint density at radius 1 is 1.15 bits per heavy atom. The van der Waals surface area contributed by atoms with Crippen molar-refractivity contribution < 1.29 is 19.1 Å². The van der Waals surface area contributed by atoms with E-state index >= 15 is 0 Å². The number of rotatable bonds is 12. The summed E-state index contributed by atoms with van der Waals surface area (Å²) in [7, 11) is 0. The van der Waals surface area contributed by atoms with E-state index in [-0.39, 0.29) is 36.1 Å². The number of esters is 1. The Morgan fingerprint density at radius 2 is 1.93 bits per heavy atom. The molecule has 8 heteroatoms. The van der Waals surface area contributed by atoms with Gasteiger partial charge in [0, 0.05) is 30.4 Å². The van der Waals surface area contributed by atoms with Crippen molar-refractivity contribution in [3.8, 4) is 0 Å². The Hall–Kier alpha value is -1.44. The number of thioether (sulfide) groups is 1. The molecule has 2 fully saturated rings. The fourth-order valence-corrected chi connectivity index (χ4v) is 5.03. The van der Waals surface area contributed by atoms with Gasteiger partial charge >= 0.3 is 12.0 Å². The molecular weight excluding hydrogens is 366 g/mol. The fraction of sp³-hybridized carbons (Fsp3) is 0.842. The van der Waals surface area contributed by atoms with Crippen molar-refractivity contribution >= 4 is 29.7 Å². The van der Waals surface area contributed by atoms with Crippen molar-refractivity contribution in [2.45, 2.75) is 88.7 Å². The van der Waals surface area contributed by atoms with E-state index in [2.05, 4.69) is 16.0 Å². The number of nitrogens with one attached hydrogen (secondary N) is 3. The molecule has 2 heterocycles. The van der Waals surface area contributed by atoms with Crippen LogP contribution in [0.1, 0.15) is 65.2 Å². The van der Waals surface area contributed by atoms with Crippen LogP contribution in [0.15, 0.2) is 0 Å². The molecule has 3 N–H and O–H groups in total. The molecule has 0 spiro atoms. The number of fused-ring (bicyclic) bond motifs is 1. The molecule has 154 valence electrons. The molecule has 2 aliphatic heterocycles. The molecule has 0 aromatic heterocycles. The van der Waals surface area contributed by atoms with Crippen LogP contribution in [-0.2, 0) is 14.3 Å². The SMILES string of the molecule is CC(C)OC(=O)CCCCCNC(=O)CCCC[C@@H]1SC[C@@H]2NC(=O)N[C@@H]21. The summed E-state index contributed by atoms with van der Waals surface area (Å²) in [4.78, 5) is 34.6. The van der Waals surface area contributed by atoms with E-state index in [4.69, 9.17) is 4.74 Å². The lowest BCUT2D eigenvalue weighted by Gasteiger charge is -2.16. The fourth-order valence-electron chi connectivity index (χ4n) is 3.48. The largest absolute Gasteiger partial charge is 0.463 e. The second-order valence-corrected chi connectivity index (χ2v) is 8.84. The summed E-state index contributed by atoms with van der Waals surface area (Å²) in [6, 6.07) is 0.462. The Balaban J connectivity index is 1.42. The van der Waals surface area contributed by atoms with Gasteiger partial charge in [-0.15, -0.1) is 0 Å². The van der Waals surface area contributed by atoms with E-state index in [1.807, 2.05) is 25.6 Å². The highest BCUT2D eigenvalue weighted by molar-refractivity contribution is 8.00. The number of hydrogen-bond acceptors (Lipinski definition) is 5. The van der Waals surface area contributed by atoms with Crippen LogP contribution in [0.4, 0.5) is 4.79 Å². The second-order valence-electron chi connectivity index (χ2n) is 7.57. The summed E-state index contributed by atoms with van der Waals surface area (Å²) in [5, 5.41) is 9.35. The molecule has 2 aliphatic rings. The Bertz CT molecular complexity index is 515. The average Bonchev–Trinajstić information content (AvgIpc) is 3.13. The van der Waals surface area contributed by atoms with Crippen LogP contribution in [0.3, 0.4) is 0 Å². The van der Waals surface area contributed by atoms with E-state index in [1.54, 1.807) is 0 Å². The van der Waals surface area contributed by atoms with Gasteiger partial charge in [0.1, 0.15) is 0 Å². The number of amides is 3. The van der Waals surface area contributed by atoms with Gasteiger partial charge in [-0.2, -0.15) is 11.8 Å². The van der Waals surface area contributed by atoms with Crippen LogP contribution in [0.5, 0.6) is 0 Å². The third kappa shape index (κ3) is 7.99. The van der Waals surface area contributed by atoms with Crippen LogP contribution in [-0.4, -0.2) is 53.6 Å². The number of unbranched alkanes of at least 4 members (excludes halogenated alkanes) is 3. The first kappa shape index (κ1) is 21.9. The maximum absolute atomic E-state index is 11.9. The third-order valence-corrected chi connectivity index (χ3v) is 6.34. The van der Waals surface area contributed by atoms with E-state index in [1.165, 1.54) is 0 Å². The molecule has 2 rings (SSSR count). The summed E-state index contributed by atoms with van der Waals surface area (Å²) < 4.78 is 5.08. The molecule has 0 unspecified atom stereocenters. The molecule has 0 aliphatic carbocycles. The summed E-state index contributed by atoms with van der Waals surface area (Å²) in [6.45, 7) is 4.36. The lowest BCUT2D eigenvalue weighted by Crippen LogP contribution is -2.36. The minimum atomic E-state index is -0.145. The molecule has 0 aromatic rings. The lowest BCUT2D eigenvalue weighted by molar-refractivity contribution is -0.147. The minimum absolute atomic E-state index is 0.0495. The van der Waals surface area contributed by atoms with E-state index in [0.29, 0.717) is 24.6 Å². The number of hydrogen-bond donors (Lipinski definition) is 3. The van der Waals surface area contributed by atoms with Crippen LogP contribution in [0, 0.1) is 0 Å². The molecule has 7 nitrogen and oxygen atoms in total. The maximum Gasteiger partial charge on any atom is 0.315 e. The molecule has 27 heavy (non-hydrogen) atoms. The monoisotopic (exact) mass is 399 g/mol. The van der Waals surface area contributed by atoms with Gasteiger partial charge < -0.3 is 20.7 Å². The van der Waals surface area contributed by atoms with Gasteiger partial charge in [0.05, 0.1) is 18.2 Å². The first-order chi connectivity index (χ1) is 13.0. The van der Waals surface area contributed by atoms with Crippen molar-refractivity contribution in [3.05, 3.63) is 0 Å². The van der Waals surface area contributed by atoms with E-state index in [0.717, 1.165) is 44.3 Å². The van der Waals surface area contributed by atoms with Crippen molar-refractivity contribution in [1.82, 2.24) is 16.0 Å². The zero-order valence-electron chi connectivity index (χ0n) is 16.4. The Labute approximate surface area is 166 Å². The zero-order valence-corrected chi connectivity index (χ0v) is 17.2. The van der Waals surface area contributed by atoms with Gasteiger partial charge in [-0.1, -0.05) is 12.8 Å². The van der Waals surface area contributed by atoms with Gasteiger partial charge in [-0.05, 0) is 39.5 Å². The number of carbonyl (C=O) groups excluding carboxylic acids is 3. The summed E-state index contributed by atoms with van der Waals surface area (Å²) in [6.07, 6.45) is 6.45. The van der Waals surface area contributed by atoms with Gasteiger partial charge in [-0.25, -0.2) is 4.79 Å². The quantitative estimate of drug-likeness (QED) is 0.266. The molecule has 0 bridgehead atoms. The number of ether oxygens (including phenoxy) is 1. The Kier molecular flexibility index (Phi) is 9.24. The molecule has 3 atom stereocenters. The van der Waals surface area contributed by atoms with Crippen molar-refractivity contribution in [2.75, 3.05) is 12.3 Å². The molecular formula is C19H33N3O4S. The third-order valence-electron chi connectivity index (χ3n) is 4.83. The van der Waals surface area contributed by atoms with Gasteiger partial charge in [-0.3, -0.25) is 9.59 Å². The van der Waals surface area contributed by atoms with Crippen LogP contribution in [0.25, 0.3) is 0 Å². The highest BCUT2D eigenvalue weighted by atomic mass is 32.2. The summed E-state index contributed by atoms with van der Waals surface area (Å²) >= 11 is 1.91. The number of urea groups is 1. The molecule has 0 aromatic carbocycles. The Morgan fingerprint density at radius 3 is 2.70 bits per heavy atom. The van der Waals surface area contributed by atoms with Gasteiger partial charge in [0.15, 0.2) is 0 Å². The first-order valence-electron chi connectivity index (χ1n) is 10.1. The topological polar surface area (TPSA) is 96.5 Å². The average molecular weight is 400 g/mol. The lowest BCUT2D eigenvalue weighted by atomic mass is 10.0. The molecule has 3 amide bonds. The second kappa shape index (κ2) is 11.4. The molecule has 2 saturated heterocycles. The normalized spacial score (nSPS) is 23.7. The van der Waals surface area contributed by atoms with Crippen LogP contribution < -0.4 is 16.0 Å². The van der Waals surface area contributed by atoms with Crippen molar-refractivity contribution in [2.24, 2.45) is 0 Å². The van der Waals surface area contributed by atoms with Crippen LogP contribution in [0.2, 0.25) is 0 Å². The number of carbonyl (C=O) groups is 3. The molecule has 0 saturated carbocycles. The van der Waals surface area contributed by atoms with Crippen molar-refractivity contribution in [3.63, 3.8) is 0 Å². The predicted octanol–water partition coefficient (Wildman–Crippen LogP) is 2.34. The van der Waals surface area contributed by atoms with Gasteiger partial charge in [0.25, 0.3) is 0 Å². The van der Waals surface area contributed by atoms with E-state index < -0.39 is 0 Å². The zero-order chi connectivity index (χ0) is 19.6. The smallest absolute Gasteiger partial charge is 0.315 e. The minimum Gasteiger partial charge on any atom is -0.463 e. The van der Waals surface area contributed by atoms with E-state index in [9.17, 15) is 14.4 Å². The predicted molar refractivity (Wildman–Crippen MR) is 107 cm³/mol. The standard InChI is InChI=1S/C19H33N3O4S/c1-13(2)26-17(24)10-4-3-7-11-20-16(23)9-6-5-8-15-18-14(12-27-15)21-19(25)22-18/h13-15,18H,3-12H2,1-2H3,(H,20,23)(H2,21,22,25)/t14-,15-,18-/m0/s1.